The number of nitrogens with zero attached hydrogens (tertiary/aromatic N) is 2. The monoisotopic (exact) mass is 471 g/mol. The topological polar surface area (TPSA) is 71.1 Å². The van der Waals surface area contributed by atoms with Gasteiger partial charge in [0.25, 0.3) is 5.91 Å². The second-order valence-corrected chi connectivity index (χ2v) is 9.05. The van der Waals surface area contributed by atoms with Crippen molar-refractivity contribution in [2.45, 2.75) is 39.5 Å². The van der Waals surface area contributed by atoms with Crippen LogP contribution in [0, 0.1) is 11.7 Å². The third-order valence-electron chi connectivity index (χ3n) is 6.17. The SMILES string of the molecule is CO[C@H]1CN(C)C(=O)c2cc(NC(C)=O)ccc2OC[C@H](C)N(Cc2cccc(F)c2)C[C@@H]1C. The van der Waals surface area contributed by atoms with Crippen molar-refractivity contribution in [1.82, 2.24) is 9.80 Å². The number of benzene rings is 2. The number of likely N-dealkylation sites (N-methyl/N-ethyl adjacent to an activating group) is 1. The number of fused-ring (bicyclic) bond motifs is 1. The zero-order valence-electron chi connectivity index (χ0n) is 20.5. The summed E-state index contributed by atoms with van der Waals surface area (Å²) in [4.78, 5) is 28.7. The lowest BCUT2D eigenvalue weighted by Gasteiger charge is -2.36. The predicted octanol–water partition coefficient (Wildman–Crippen LogP) is 3.79. The molecule has 0 aromatic heterocycles. The second-order valence-electron chi connectivity index (χ2n) is 9.05. The number of anilines is 1. The van der Waals surface area contributed by atoms with Gasteiger partial charge in [-0.15, -0.1) is 0 Å². The predicted molar refractivity (Wildman–Crippen MR) is 129 cm³/mol. The lowest BCUT2D eigenvalue weighted by molar-refractivity contribution is -0.114. The summed E-state index contributed by atoms with van der Waals surface area (Å²) in [6, 6.07) is 11.7. The van der Waals surface area contributed by atoms with Crippen LogP contribution in [0.25, 0.3) is 0 Å². The van der Waals surface area contributed by atoms with Gasteiger partial charge >= 0.3 is 0 Å². The Morgan fingerprint density at radius 1 is 1.21 bits per heavy atom. The molecule has 0 unspecified atom stereocenters. The maximum Gasteiger partial charge on any atom is 0.257 e. The number of carbonyl (C=O) groups is 2. The van der Waals surface area contributed by atoms with E-state index in [2.05, 4.69) is 24.1 Å². The number of amides is 2. The van der Waals surface area contributed by atoms with E-state index in [4.69, 9.17) is 9.47 Å². The van der Waals surface area contributed by atoms with E-state index in [-0.39, 0.29) is 35.7 Å². The number of hydrogen-bond acceptors (Lipinski definition) is 5. The van der Waals surface area contributed by atoms with E-state index in [0.29, 0.717) is 43.2 Å². The van der Waals surface area contributed by atoms with E-state index in [1.165, 1.54) is 13.0 Å². The number of rotatable bonds is 4. The van der Waals surface area contributed by atoms with Crippen LogP contribution in [0.3, 0.4) is 0 Å². The average molecular weight is 472 g/mol. The Kier molecular flexibility index (Phi) is 8.63. The summed E-state index contributed by atoms with van der Waals surface area (Å²) in [5.74, 6) is -0.138. The van der Waals surface area contributed by atoms with Crippen LogP contribution in [0.2, 0.25) is 0 Å². The van der Waals surface area contributed by atoms with Gasteiger partial charge in [0.15, 0.2) is 0 Å². The summed E-state index contributed by atoms with van der Waals surface area (Å²) in [5, 5.41) is 2.72. The highest BCUT2D eigenvalue weighted by atomic mass is 19.1. The summed E-state index contributed by atoms with van der Waals surface area (Å²) in [6.07, 6.45) is -0.196. The minimum atomic E-state index is -0.261. The maximum absolute atomic E-state index is 13.8. The molecule has 8 heteroatoms. The molecular formula is C26H34FN3O4. The van der Waals surface area contributed by atoms with Gasteiger partial charge in [-0.1, -0.05) is 19.1 Å². The Bertz CT molecular complexity index is 1020. The maximum atomic E-state index is 13.8. The van der Waals surface area contributed by atoms with Crippen molar-refractivity contribution in [1.29, 1.82) is 0 Å². The van der Waals surface area contributed by atoms with Crippen molar-refractivity contribution < 1.29 is 23.5 Å². The summed E-state index contributed by atoms with van der Waals surface area (Å²) < 4.78 is 25.7. The first-order chi connectivity index (χ1) is 16.2. The van der Waals surface area contributed by atoms with Crippen molar-refractivity contribution in [2.75, 3.05) is 39.2 Å². The molecule has 0 aliphatic carbocycles. The highest BCUT2D eigenvalue weighted by Crippen LogP contribution is 2.27. The molecule has 3 rings (SSSR count). The number of ether oxygens (including phenoxy) is 2. The molecule has 34 heavy (non-hydrogen) atoms. The molecule has 2 amide bonds. The van der Waals surface area contributed by atoms with Gasteiger partial charge in [-0.2, -0.15) is 0 Å². The van der Waals surface area contributed by atoms with Crippen LogP contribution in [0.15, 0.2) is 42.5 Å². The minimum absolute atomic E-state index is 0.0154. The molecule has 0 saturated heterocycles. The minimum Gasteiger partial charge on any atom is -0.491 e. The number of carbonyl (C=O) groups excluding carboxylic acids is 2. The zero-order valence-corrected chi connectivity index (χ0v) is 20.5. The fourth-order valence-corrected chi connectivity index (χ4v) is 4.22. The summed E-state index contributed by atoms with van der Waals surface area (Å²) >= 11 is 0. The first kappa shape index (κ1) is 25.6. The summed E-state index contributed by atoms with van der Waals surface area (Å²) in [7, 11) is 3.38. The van der Waals surface area contributed by atoms with Crippen LogP contribution in [-0.2, 0) is 16.1 Å². The molecule has 1 N–H and O–H groups in total. The summed E-state index contributed by atoms with van der Waals surface area (Å²) in [6.45, 7) is 7.54. The molecule has 1 aliphatic rings. The molecule has 1 aliphatic heterocycles. The van der Waals surface area contributed by atoms with Crippen molar-refractivity contribution >= 4 is 17.5 Å². The van der Waals surface area contributed by atoms with E-state index >= 15 is 0 Å². The fraction of sp³-hybridized carbons (Fsp3) is 0.462. The lowest BCUT2D eigenvalue weighted by atomic mass is 10.0. The largest absolute Gasteiger partial charge is 0.491 e. The molecule has 0 saturated carbocycles. The van der Waals surface area contributed by atoms with Crippen LogP contribution < -0.4 is 10.1 Å². The van der Waals surface area contributed by atoms with E-state index in [1.807, 2.05) is 6.07 Å². The zero-order chi connectivity index (χ0) is 24.8. The third-order valence-corrected chi connectivity index (χ3v) is 6.17. The Labute approximate surface area is 200 Å². The summed E-state index contributed by atoms with van der Waals surface area (Å²) in [5.41, 5.74) is 1.79. The molecule has 1 heterocycles. The van der Waals surface area contributed by atoms with Gasteiger partial charge in [0.2, 0.25) is 5.91 Å². The van der Waals surface area contributed by atoms with Gasteiger partial charge in [0.05, 0.1) is 11.7 Å². The van der Waals surface area contributed by atoms with E-state index < -0.39 is 0 Å². The normalized spacial score (nSPS) is 22.2. The lowest BCUT2D eigenvalue weighted by Crippen LogP contribution is -2.46. The van der Waals surface area contributed by atoms with Crippen molar-refractivity contribution in [3.05, 3.63) is 59.4 Å². The number of methoxy groups -OCH3 is 1. The van der Waals surface area contributed by atoms with E-state index in [1.54, 1.807) is 49.4 Å². The molecule has 2 aromatic carbocycles. The van der Waals surface area contributed by atoms with Gasteiger partial charge in [0, 0.05) is 52.4 Å². The van der Waals surface area contributed by atoms with Gasteiger partial charge < -0.3 is 19.7 Å². The van der Waals surface area contributed by atoms with Crippen LogP contribution in [0.1, 0.15) is 36.7 Å². The van der Waals surface area contributed by atoms with Gasteiger partial charge in [0.1, 0.15) is 18.2 Å². The van der Waals surface area contributed by atoms with Crippen molar-refractivity contribution in [3.63, 3.8) is 0 Å². The second kappa shape index (κ2) is 11.4. The fourth-order valence-electron chi connectivity index (χ4n) is 4.22. The number of nitrogens with one attached hydrogen (secondary N) is 1. The van der Waals surface area contributed by atoms with Crippen molar-refractivity contribution in [3.8, 4) is 5.75 Å². The highest BCUT2D eigenvalue weighted by Gasteiger charge is 2.28. The molecule has 0 spiro atoms. The quantitative estimate of drug-likeness (QED) is 0.735. The molecule has 3 atom stereocenters. The van der Waals surface area contributed by atoms with Crippen LogP contribution >= 0.6 is 0 Å². The average Bonchev–Trinajstić information content (AvgIpc) is 2.79. The smallest absolute Gasteiger partial charge is 0.257 e. The third kappa shape index (κ3) is 6.55. The first-order valence-electron chi connectivity index (χ1n) is 11.5. The van der Waals surface area contributed by atoms with E-state index in [0.717, 1.165) is 5.56 Å². The Hall–Kier alpha value is -2.97. The standard InChI is InChI=1S/C26H34FN3O4/c1-17-13-30(14-20-7-6-8-21(27)11-20)18(2)16-34-24-10-9-22(28-19(3)31)12-23(24)26(32)29(4)15-25(17)33-5/h6-12,17-18,25H,13-16H2,1-5H3,(H,28,31)/t17-,18-,25-/m0/s1. The van der Waals surface area contributed by atoms with Gasteiger partial charge in [-0.3, -0.25) is 14.5 Å². The first-order valence-corrected chi connectivity index (χ1v) is 11.5. The molecular weight excluding hydrogens is 437 g/mol. The molecule has 184 valence electrons. The molecule has 0 radical (unpaired) electrons. The number of halogens is 1. The number of hydrogen-bond donors (Lipinski definition) is 1. The Morgan fingerprint density at radius 3 is 2.65 bits per heavy atom. The van der Waals surface area contributed by atoms with E-state index in [9.17, 15) is 14.0 Å². The molecule has 0 bridgehead atoms. The van der Waals surface area contributed by atoms with Crippen LogP contribution in [0.5, 0.6) is 5.75 Å². The van der Waals surface area contributed by atoms with Gasteiger partial charge in [-0.05, 0) is 48.7 Å². The molecule has 7 nitrogen and oxygen atoms in total. The molecule has 2 aromatic rings. The van der Waals surface area contributed by atoms with Crippen LogP contribution in [-0.4, -0.2) is 67.6 Å². The van der Waals surface area contributed by atoms with Crippen molar-refractivity contribution in [2.24, 2.45) is 5.92 Å². The Balaban J connectivity index is 1.94. The van der Waals surface area contributed by atoms with Crippen LogP contribution in [0.4, 0.5) is 10.1 Å². The highest BCUT2D eigenvalue weighted by molar-refractivity contribution is 5.99. The van der Waals surface area contributed by atoms with Gasteiger partial charge in [-0.25, -0.2) is 4.39 Å². The molecule has 0 fully saturated rings. The Morgan fingerprint density at radius 2 is 1.97 bits per heavy atom.